The number of benzene rings is 3. The molecule has 0 radical (unpaired) electrons. The Kier molecular flexibility index (Phi) is 7.74. The van der Waals surface area contributed by atoms with E-state index in [-0.39, 0.29) is 11.5 Å². The number of thioether (sulfide) groups is 1. The highest BCUT2D eigenvalue weighted by Gasteiger charge is 2.40. The molecule has 1 fully saturated rings. The average molecular weight is 546 g/mol. The van der Waals surface area contributed by atoms with Crippen LogP contribution in [0.1, 0.15) is 23.6 Å². The minimum absolute atomic E-state index is 0.0808. The van der Waals surface area contributed by atoms with Gasteiger partial charge in [-0.2, -0.15) is 5.26 Å². The highest BCUT2D eigenvalue weighted by molar-refractivity contribution is 9.10. The van der Waals surface area contributed by atoms with E-state index in [9.17, 15) is 14.9 Å². The van der Waals surface area contributed by atoms with Crippen LogP contribution in [-0.2, 0) is 22.4 Å². The van der Waals surface area contributed by atoms with Crippen LogP contribution in [0, 0.1) is 18.3 Å². The maximum Gasteiger partial charge on any atom is 0.269 e. The Hall–Kier alpha value is -3.34. The van der Waals surface area contributed by atoms with E-state index >= 15 is 0 Å². The molecule has 1 heterocycles. The third-order valence-electron chi connectivity index (χ3n) is 5.72. The Bertz CT molecular complexity index is 1330. The van der Waals surface area contributed by atoms with Gasteiger partial charge in [0.2, 0.25) is 5.91 Å². The second kappa shape index (κ2) is 10.9. The summed E-state index contributed by atoms with van der Waals surface area (Å²) in [5.41, 5.74) is 4.30. The third kappa shape index (κ3) is 5.67. The van der Waals surface area contributed by atoms with Gasteiger partial charge in [-0.25, -0.2) is 0 Å². The fraction of sp³-hybridized carbons (Fsp3) is 0.179. The molecule has 5 nitrogen and oxygen atoms in total. The van der Waals surface area contributed by atoms with Crippen molar-refractivity contribution < 1.29 is 9.59 Å². The Balaban J connectivity index is 1.72. The minimum Gasteiger partial charge on any atom is -0.321 e. The Labute approximate surface area is 218 Å². The summed E-state index contributed by atoms with van der Waals surface area (Å²) < 4.78 is 0.962. The molecular formula is C28H24BrN3O2S. The first-order chi connectivity index (χ1) is 16.9. The van der Waals surface area contributed by atoms with Gasteiger partial charge in [0.05, 0.1) is 5.25 Å². The number of carbonyl (C=O) groups excluding carboxylic acids is 2. The molecule has 0 aliphatic carbocycles. The molecule has 2 amide bonds. The molecule has 1 atom stereocenters. The van der Waals surface area contributed by atoms with Crippen LogP contribution in [0.3, 0.4) is 0 Å². The Morgan fingerprint density at radius 1 is 1.09 bits per heavy atom. The van der Waals surface area contributed by atoms with Crippen molar-refractivity contribution in [1.29, 1.82) is 5.26 Å². The van der Waals surface area contributed by atoms with Crippen molar-refractivity contribution in [3.05, 3.63) is 105 Å². The number of halogens is 1. The minimum atomic E-state index is -0.534. The molecule has 0 spiro atoms. The summed E-state index contributed by atoms with van der Waals surface area (Å²) in [6.07, 6.45) is 1.36. The molecule has 0 aromatic heterocycles. The first-order valence-corrected chi connectivity index (χ1v) is 12.9. The lowest BCUT2D eigenvalue weighted by atomic mass is 10.1. The number of aryl methyl sites for hydroxylation is 2. The molecule has 1 aliphatic rings. The number of hydrogen-bond donors (Lipinski definition) is 1. The zero-order valence-corrected chi connectivity index (χ0v) is 21.8. The molecule has 3 aromatic rings. The number of nitriles is 1. The molecule has 1 aliphatic heterocycles. The van der Waals surface area contributed by atoms with Gasteiger partial charge in [0.15, 0.2) is 0 Å². The van der Waals surface area contributed by atoms with E-state index in [4.69, 9.17) is 0 Å². The highest BCUT2D eigenvalue weighted by Crippen LogP contribution is 2.42. The van der Waals surface area contributed by atoms with Crippen LogP contribution in [0.2, 0.25) is 0 Å². The van der Waals surface area contributed by atoms with Gasteiger partial charge in [0.25, 0.3) is 5.91 Å². The summed E-state index contributed by atoms with van der Waals surface area (Å²) in [5.74, 6) is -0.679. The van der Waals surface area contributed by atoms with Crippen LogP contribution in [0.25, 0.3) is 0 Å². The highest BCUT2D eigenvalue weighted by atomic mass is 79.9. The van der Waals surface area contributed by atoms with E-state index in [0.29, 0.717) is 22.8 Å². The van der Waals surface area contributed by atoms with Crippen molar-refractivity contribution >= 4 is 50.9 Å². The van der Waals surface area contributed by atoms with E-state index in [0.717, 1.165) is 27.6 Å². The van der Waals surface area contributed by atoms with Crippen molar-refractivity contribution in [3.8, 4) is 6.07 Å². The fourth-order valence-electron chi connectivity index (χ4n) is 3.85. The molecule has 0 bridgehead atoms. The van der Waals surface area contributed by atoms with E-state index < -0.39 is 11.2 Å². The summed E-state index contributed by atoms with van der Waals surface area (Å²) in [4.78, 5) is 28.3. The van der Waals surface area contributed by atoms with Crippen LogP contribution < -0.4 is 10.2 Å². The lowest BCUT2D eigenvalue weighted by molar-refractivity contribution is -0.117. The van der Waals surface area contributed by atoms with Gasteiger partial charge in [-0.05, 0) is 72.9 Å². The molecular weight excluding hydrogens is 522 g/mol. The summed E-state index contributed by atoms with van der Waals surface area (Å²) in [5, 5.41) is 12.7. The summed E-state index contributed by atoms with van der Waals surface area (Å²) in [6.45, 7) is 3.99. The maximum absolute atomic E-state index is 13.6. The van der Waals surface area contributed by atoms with Gasteiger partial charge in [-0.15, -0.1) is 0 Å². The first kappa shape index (κ1) is 24.8. The molecule has 3 aromatic carbocycles. The van der Waals surface area contributed by atoms with Gasteiger partial charge in [0.1, 0.15) is 16.7 Å². The van der Waals surface area contributed by atoms with Gasteiger partial charge in [-0.1, -0.05) is 71.0 Å². The predicted octanol–water partition coefficient (Wildman–Crippen LogP) is 6.38. The van der Waals surface area contributed by atoms with Crippen LogP contribution in [-0.4, -0.2) is 17.1 Å². The maximum atomic E-state index is 13.6. The summed E-state index contributed by atoms with van der Waals surface area (Å²) >= 11 is 4.71. The largest absolute Gasteiger partial charge is 0.321 e. The van der Waals surface area contributed by atoms with Gasteiger partial charge in [-0.3, -0.25) is 14.5 Å². The van der Waals surface area contributed by atoms with E-state index in [1.807, 2.05) is 73.7 Å². The molecule has 4 rings (SSSR count). The summed E-state index contributed by atoms with van der Waals surface area (Å²) in [6, 6.07) is 24.9. The smallest absolute Gasteiger partial charge is 0.269 e. The van der Waals surface area contributed by atoms with E-state index in [1.165, 1.54) is 16.7 Å². The number of amides is 2. The SMILES string of the molecule is CCc1ccc(N2C(=O)C(Cc3ccc(Br)cc3)S/C2=C(/C#N)C(=O)Nc2cccc(C)c2)cc1. The normalized spacial score (nSPS) is 16.7. The van der Waals surface area contributed by atoms with Gasteiger partial charge in [0, 0.05) is 15.8 Å². The van der Waals surface area contributed by atoms with Crippen molar-refractivity contribution in [2.24, 2.45) is 0 Å². The number of nitrogens with one attached hydrogen (secondary N) is 1. The molecule has 1 saturated heterocycles. The van der Waals surface area contributed by atoms with Crippen LogP contribution in [0.15, 0.2) is 87.9 Å². The quantitative estimate of drug-likeness (QED) is 0.288. The second-order valence-corrected chi connectivity index (χ2v) is 10.4. The molecule has 35 heavy (non-hydrogen) atoms. The van der Waals surface area contributed by atoms with Crippen molar-refractivity contribution in [3.63, 3.8) is 0 Å². The van der Waals surface area contributed by atoms with Crippen molar-refractivity contribution in [2.75, 3.05) is 10.2 Å². The molecule has 1 N–H and O–H groups in total. The Morgan fingerprint density at radius 2 is 1.77 bits per heavy atom. The molecule has 1 unspecified atom stereocenters. The van der Waals surface area contributed by atoms with Crippen LogP contribution >= 0.6 is 27.7 Å². The fourth-order valence-corrected chi connectivity index (χ4v) is 5.43. The predicted molar refractivity (Wildman–Crippen MR) is 145 cm³/mol. The Morgan fingerprint density at radius 3 is 2.40 bits per heavy atom. The lowest BCUT2D eigenvalue weighted by Crippen LogP contribution is -2.31. The molecule has 0 saturated carbocycles. The first-order valence-electron chi connectivity index (χ1n) is 11.3. The van der Waals surface area contributed by atoms with Gasteiger partial charge >= 0.3 is 0 Å². The lowest BCUT2D eigenvalue weighted by Gasteiger charge is -2.19. The van der Waals surface area contributed by atoms with Crippen molar-refractivity contribution in [2.45, 2.75) is 31.9 Å². The van der Waals surface area contributed by atoms with Crippen LogP contribution in [0.5, 0.6) is 0 Å². The monoisotopic (exact) mass is 545 g/mol. The number of hydrogen-bond acceptors (Lipinski definition) is 4. The van der Waals surface area contributed by atoms with Crippen molar-refractivity contribution in [1.82, 2.24) is 0 Å². The second-order valence-electron chi connectivity index (χ2n) is 8.25. The third-order valence-corrected chi connectivity index (χ3v) is 7.51. The molecule has 176 valence electrons. The number of anilines is 2. The topological polar surface area (TPSA) is 73.2 Å². The number of nitrogens with zero attached hydrogens (tertiary/aromatic N) is 2. The number of rotatable bonds is 6. The van der Waals surface area contributed by atoms with Gasteiger partial charge < -0.3 is 5.32 Å². The zero-order valence-electron chi connectivity index (χ0n) is 19.4. The zero-order chi connectivity index (χ0) is 24.9. The van der Waals surface area contributed by atoms with E-state index in [2.05, 4.69) is 34.2 Å². The average Bonchev–Trinajstić information content (AvgIpc) is 3.16. The number of carbonyl (C=O) groups is 2. The van der Waals surface area contributed by atoms with E-state index in [1.54, 1.807) is 6.07 Å². The molecule has 7 heteroatoms. The summed E-state index contributed by atoms with van der Waals surface area (Å²) in [7, 11) is 0. The standard InChI is InChI=1S/C28H24BrN3O2S/c1-3-19-9-13-23(14-10-19)32-27(34)25(16-20-7-11-21(29)12-8-20)35-28(32)24(17-30)26(33)31-22-6-4-5-18(2)15-22/h4-15,25H,3,16H2,1-2H3,(H,31,33)/b28-24-. The van der Waals surface area contributed by atoms with Crippen LogP contribution in [0.4, 0.5) is 11.4 Å².